The van der Waals surface area contributed by atoms with Gasteiger partial charge in [-0.3, -0.25) is 4.79 Å². The lowest BCUT2D eigenvalue weighted by molar-refractivity contribution is -0.150. The van der Waals surface area contributed by atoms with Crippen LogP contribution in [0.2, 0.25) is 0 Å². The van der Waals surface area contributed by atoms with Gasteiger partial charge in [0.05, 0.1) is 12.7 Å². The zero-order valence-electron chi connectivity index (χ0n) is 15.7. The van der Waals surface area contributed by atoms with E-state index in [0.29, 0.717) is 24.2 Å². The number of methoxy groups -OCH3 is 1. The lowest BCUT2D eigenvalue weighted by atomic mass is 9.87. The molecule has 0 saturated carbocycles. The molecule has 2 bridgehead atoms. The van der Waals surface area contributed by atoms with Crippen molar-refractivity contribution in [1.82, 2.24) is 0 Å². The van der Waals surface area contributed by atoms with Gasteiger partial charge in [-0.15, -0.1) is 0 Å². The Kier molecular flexibility index (Phi) is 5.19. The SMILES string of the molecule is COC(=O)C1=C(OC(C)=O)C[C@]2(CCCc3ccccc3)CC[C@@]1(C)O2. The number of esters is 2. The normalized spacial score (nSPS) is 27.3. The van der Waals surface area contributed by atoms with Gasteiger partial charge in [0.2, 0.25) is 0 Å². The molecule has 2 atom stereocenters. The van der Waals surface area contributed by atoms with Gasteiger partial charge in [-0.25, -0.2) is 4.79 Å². The number of aryl methyl sites for hydroxylation is 1. The third-order valence-electron chi connectivity index (χ3n) is 5.39. The van der Waals surface area contributed by atoms with Gasteiger partial charge in [0.25, 0.3) is 0 Å². The predicted molar refractivity (Wildman–Crippen MR) is 96.3 cm³/mol. The topological polar surface area (TPSA) is 61.8 Å². The summed E-state index contributed by atoms with van der Waals surface area (Å²) in [7, 11) is 1.33. The van der Waals surface area contributed by atoms with Crippen molar-refractivity contribution in [2.75, 3.05) is 7.11 Å². The number of rotatable bonds is 6. The Labute approximate surface area is 154 Å². The van der Waals surface area contributed by atoms with E-state index in [-0.39, 0.29) is 5.60 Å². The van der Waals surface area contributed by atoms with Gasteiger partial charge >= 0.3 is 11.9 Å². The summed E-state index contributed by atoms with van der Waals surface area (Å²) < 4.78 is 16.8. The van der Waals surface area contributed by atoms with E-state index in [1.165, 1.54) is 19.6 Å². The van der Waals surface area contributed by atoms with Gasteiger partial charge < -0.3 is 14.2 Å². The minimum Gasteiger partial charge on any atom is -0.465 e. The molecule has 0 spiro atoms. The first-order valence-electron chi connectivity index (χ1n) is 9.12. The third kappa shape index (κ3) is 3.68. The molecule has 0 unspecified atom stereocenters. The summed E-state index contributed by atoms with van der Waals surface area (Å²) in [6.45, 7) is 3.24. The second-order valence-corrected chi connectivity index (χ2v) is 7.42. The lowest BCUT2D eigenvalue weighted by Crippen LogP contribution is -2.43. The van der Waals surface area contributed by atoms with Crippen molar-refractivity contribution >= 4 is 11.9 Å². The van der Waals surface area contributed by atoms with Crippen LogP contribution in [0.15, 0.2) is 41.7 Å². The van der Waals surface area contributed by atoms with Gasteiger partial charge in [0, 0.05) is 13.3 Å². The van der Waals surface area contributed by atoms with Crippen LogP contribution in [0.4, 0.5) is 0 Å². The molecule has 1 saturated heterocycles. The van der Waals surface area contributed by atoms with E-state index in [2.05, 4.69) is 12.1 Å². The standard InChI is InChI=1S/C21H26O5/c1-15(22)25-17-14-21(11-7-10-16-8-5-4-6-9-16)13-12-20(2,26-21)18(17)19(23)24-3/h4-6,8-9H,7,10-14H2,1-3H3/t20-,21+/m1/s1. The minimum absolute atomic E-state index is 0.353. The van der Waals surface area contributed by atoms with Crippen molar-refractivity contribution in [2.45, 2.75) is 63.6 Å². The molecule has 1 aromatic carbocycles. The molecule has 5 nitrogen and oxygen atoms in total. The van der Waals surface area contributed by atoms with E-state index in [1.54, 1.807) is 0 Å². The van der Waals surface area contributed by atoms with Crippen LogP contribution in [-0.4, -0.2) is 30.3 Å². The van der Waals surface area contributed by atoms with E-state index in [1.807, 2.05) is 25.1 Å². The number of hydrogen-bond acceptors (Lipinski definition) is 5. The highest BCUT2D eigenvalue weighted by Gasteiger charge is 2.56. The average Bonchev–Trinajstić information content (AvgIpc) is 2.87. The molecule has 2 heterocycles. The van der Waals surface area contributed by atoms with E-state index in [0.717, 1.165) is 25.7 Å². The molecular formula is C21H26O5. The first-order chi connectivity index (χ1) is 12.4. The van der Waals surface area contributed by atoms with Crippen molar-refractivity contribution in [3.05, 3.63) is 47.2 Å². The van der Waals surface area contributed by atoms with Crippen LogP contribution < -0.4 is 0 Å². The van der Waals surface area contributed by atoms with Gasteiger partial charge in [-0.2, -0.15) is 0 Å². The van der Waals surface area contributed by atoms with Crippen LogP contribution >= 0.6 is 0 Å². The summed E-state index contributed by atoms with van der Waals surface area (Å²) in [4.78, 5) is 23.9. The van der Waals surface area contributed by atoms with Crippen molar-refractivity contribution < 1.29 is 23.8 Å². The Hall–Kier alpha value is -2.14. The smallest absolute Gasteiger partial charge is 0.340 e. The number of carbonyl (C=O) groups excluding carboxylic acids is 2. The Morgan fingerprint density at radius 3 is 2.58 bits per heavy atom. The molecule has 0 radical (unpaired) electrons. The number of fused-ring (bicyclic) bond motifs is 2. The van der Waals surface area contributed by atoms with Crippen molar-refractivity contribution in [2.24, 2.45) is 0 Å². The Balaban J connectivity index is 1.79. The van der Waals surface area contributed by atoms with Gasteiger partial charge in [0.15, 0.2) is 0 Å². The first-order valence-corrected chi connectivity index (χ1v) is 9.12. The zero-order chi connectivity index (χ0) is 18.8. The fraction of sp³-hybridized carbons (Fsp3) is 0.524. The molecule has 0 aliphatic carbocycles. The van der Waals surface area contributed by atoms with E-state index in [4.69, 9.17) is 14.2 Å². The lowest BCUT2D eigenvalue weighted by Gasteiger charge is -2.39. The molecule has 1 fully saturated rings. The van der Waals surface area contributed by atoms with Gasteiger partial charge in [-0.05, 0) is 44.6 Å². The average molecular weight is 358 g/mol. The fourth-order valence-electron chi connectivity index (χ4n) is 4.24. The third-order valence-corrected chi connectivity index (χ3v) is 5.39. The maximum absolute atomic E-state index is 12.3. The molecule has 26 heavy (non-hydrogen) atoms. The molecule has 2 aliphatic rings. The molecule has 3 rings (SSSR count). The highest BCUT2D eigenvalue weighted by Crippen LogP contribution is 2.53. The summed E-state index contributed by atoms with van der Waals surface area (Å²) in [5, 5.41) is 0. The van der Waals surface area contributed by atoms with Gasteiger partial charge in [-0.1, -0.05) is 30.3 Å². The molecule has 0 aromatic heterocycles. The Morgan fingerprint density at radius 2 is 1.92 bits per heavy atom. The number of ether oxygens (including phenoxy) is 3. The first kappa shape index (κ1) is 18.6. The molecule has 140 valence electrons. The van der Waals surface area contributed by atoms with E-state index in [9.17, 15) is 9.59 Å². The summed E-state index contributed by atoms with van der Waals surface area (Å²) in [5.41, 5.74) is 0.507. The van der Waals surface area contributed by atoms with Crippen LogP contribution in [0, 0.1) is 0 Å². The monoisotopic (exact) mass is 358 g/mol. The molecule has 2 aliphatic heterocycles. The largest absolute Gasteiger partial charge is 0.465 e. The van der Waals surface area contributed by atoms with Crippen LogP contribution in [0.25, 0.3) is 0 Å². The molecular weight excluding hydrogens is 332 g/mol. The van der Waals surface area contributed by atoms with Gasteiger partial charge in [0.1, 0.15) is 16.9 Å². The van der Waals surface area contributed by atoms with E-state index >= 15 is 0 Å². The minimum atomic E-state index is -0.761. The molecule has 0 amide bonds. The maximum Gasteiger partial charge on any atom is 0.340 e. The molecule has 1 aromatic rings. The van der Waals surface area contributed by atoms with Crippen LogP contribution in [0.1, 0.15) is 51.5 Å². The number of benzene rings is 1. The Bertz CT molecular complexity index is 723. The fourth-order valence-corrected chi connectivity index (χ4v) is 4.24. The molecule has 5 heteroatoms. The summed E-state index contributed by atoms with van der Waals surface area (Å²) >= 11 is 0. The summed E-state index contributed by atoms with van der Waals surface area (Å²) in [6.07, 6.45) is 4.79. The van der Waals surface area contributed by atoms with E-state index < -0.39 is 17.5 Å². The van der Waals surface area contributed by atoms with Crippen molar-refractivity contribution in [3.8, 4) is 0 Å². The number of carbonyl (C=O) groups is 2. The Morgan fingerprint density at radius 1 is 1.19 bits per heavy atom. The summed E-state index contributed by atoms with van der Waals surface area (Å²) in [6, 6.07) is 10.3. The van der Waals surface area contributed by atoms with Crippen LogP contribution in [-0.2, 0) is 30.2 Å². The zero-order valence-corrected chi connectivity index (χ0v) is 15.7. The maximum atomic E-state index is 12.3. The van der Waals surface area contributed by atoms with Crippen molar-refractivity contribution in [3.63, 3.8) is 0 Å². The summed E-state index contributed by atoms with van der Waals surface area (Å²) in [5.74, 6) is -0.496. The predicted octanol–water partition coefficient (Wildman–Crippen LogP) is 3.71. The highest BCUT2D eigenvalue weighted by atomic mass is 16.6. The molecule has 0 N–H and O–H groups in total. The second-order valence-electron chi connectivity index (χ2n) is 7.42. The van der Waals surface area contributed by atoms with Crippen LogP contribution in [0.3, 0.4) is 0 Å². The second kappa shape index (κ2) is 7.23. The van der Waals surface area contributed by atoms with Crippen molar-refractivity contribution in [1.29, 1.82) is 0 Å². The number of hydrogen-bond donors (Lipinski definition) is 0. The van der Waals surface area contributed by atoms with Crippen LogP contribution in [0.5, 0.6) is 0 Å². The highest BCUT2D eigenvalue weighted by molar-refractivity contribution is 5.92. The quantitative estimate of drug-likeness (QED) is 0.726.